The fourth-order valence-corrected chi connectivity index (χ4v) is 2.09. The van der Waals surface area contributed by atoms with Crippen molar-refractivity contribution in [3.05, 3.63) is 35.9 Å². The second-order valence-electron chi connectivity index (χ2n) is 5.37. The highest BCUT2D eigenvalue weighted by atomic mass is 16.4. The zero-order valence-corrected chi connectivity index (χ0v) is 12.9. The molecule has 0 fully saturated rings. The summed E-state index contributed by atoms with van der Waals surface area (Å²) in [6, 6.07) is 9.53. The molecule has 0 aliphatic rings. The highest BCUT2D eigenvalue weighted by Gasteiger charge is 2.19. The molecule has 5 heteroatoms. The molecule has 0 aliphatic carbocycles. The zero-order valence-electron chi connectivity index (χ0n) is 12.9. The number of hydrogen-bond donors (Lipinski definition) is 2. The molecule has 0 radical (unpaired) electrons. The van der Waals surface area contributed by atoms with Crippen molar-refractivity contribution in [3.63, 3.8) is 0 Å². The first kappa shape index (κ1) is 17.0. The number of nitrogens with zero attached hydrogens (tertiary/aromatic N) is 1. The number of hydrogen-bond acceptors (Lipinski definition) is 2. The number of carboxylic acids is 1. The maximum absolute atomic E-state index is 12.3. The largest absolute Gasteiger partial charge is 0.481 e. The number of carbonyl (C=O) groups is 2. The predicted molar refractivity (Wildman–Crippen MR) is 82.1 cm³/mol. The van der Waals surface area contributed by atoms with Gasteiger partial charge >= 0.3 is 12.0 Å². The Bertz CT molecular complexity index is 460. The maximum atomic E-state index is 12.3. The van der Waals surface area contributed by atoms with E-state index in [1.54, 1.807) is 4.90 Å². The third kappa shape index (κ3) is 5.85. The molecule has 116 valence electrons. The van der Waals surface area contributed by atoms with E-state index in [-0.39, 0.29) is 24.5 Å². The van der Waals surface area contributed by atoms with E-state index in [1.165, 1.54) is 0 Å². The van der Waals surface area contributed by atoms with Crippen LogP contribution in [0, 0.1) is 0 Å². The Morgan fingerprint density at radius 1 is 1.19 bits per heavy atom. The van der Waals surface area contributed by atoms with Crippen molar-refractivity contribution in [2.45, 2.75) is 45.7 Å². The first-order chi connectivity index (χ1) is 9.91. The van der Waals surface area contributed by atoms with Crippen LogP contribution in [0.5, 0.6) is 0 Å². The van der Waals surface area contributed by atoms with Crippen LogP contribution in [0.2, 0.25) is 0 Å². The van der Waals surface area contributed by atoms with Crippen LogP contribution in [0.4, 0.5) is 4.79 Å². The van der Waals surface area contributed by atoms with Gasteiger partial charge in [0.1, 0.15) is 0 Å². The van der Waals surface area contributed by atoms with Gasteiger partial charge < -0.3 is 15.3 Å². The highest BCUT2D eigenvalue weighted by Crippen LogP contribution is 2.12. The van der Waals surface area contributed by atoms with Crippen molar-refractivity contribution in [2.75, 3.05) is 6.54 Å². The summed E-state index contributed by atoms with van der Waals surface area (Å²) in [7, 11) is 0. The molecule has 0 heterocycles. The Balaban J connectivity index is 2.58. The van der Waals surface area contributed by atoms with Crippen molar-refractivity contribution in [2.24, 2.45) is 0 Å². The third-order valence-electron chi connectivity index (χ3n) is 3.31. The average Bonchev–Trinajstić information content (AvgIpc) is 2.43. The lowest BCUT2D eigenvalue weighted by atomic mass is 10.1. The minimum absolute atomic E-state index is 0.0294. The molecule has 1 unspecified atom stereocenters. The van der Waals surface area contributed by atoms with Crippen LogP contribution in [-0.4, -0.2) is 34.6 Å². The summed E-state index contributed by atoms with van der Waals surface area (Å²) in [5, 5.41) is 11.6. The quantitative estimate of drug-likeness (QED) is 0.811. The van der Waals surface area contributed by atoms with Gasteiger partial charge in [0.25, 0.3) is 0 Å². The average molecular weight is 292 g/mol. The second kappa shape index (κ2) is 8.29. The Morgan fingerprint density at radius 2 is 1.81 bits per heavy atom. The number of urea groups is 1. The first-order valence-electron chi connectivity index (χ1n) is 7.25. The molecular formula is C16H24N2O3. The van der Waals surface area contributed by atoms with Gasteiger partial charge in [-0.15, -0.1) is 0 Å². The molecular weight excluding hydrogens is 268 g/mol. The molecule has 1 aromatic carbocycles. The van der Waals surface area contributed by atoms with Gasteiger partial charge in [0.15, 0.2) is 0 Å². The van der Waals surface area contributed by atoms with E-state index < -0.39 is 5.97 Å². The lowest BCUT2D eigenvalue weighted by Crippen LogP contribution is -2.45. The Morgan fingerprint density at radius 3 is 2.33 bits per heavy atom. The molecule has 21 heavy (non-hydrogen) atoms. The fraction of sp³-hybridized carbons (Fsp3) is 0.500. The van der Waals surface area contributed by atoms with Gasteiger partial charge in [0, 0.05) is 19.0 Å². The van der Waals surface area contributed by atoms with Crippen LogP contribution in [-0.2, 0) is 4.79 Å². The van der Waals surface area contributed by atoms with Gasteiger partial charge in [0.05, 0.1) is 6.04 Å². The second-order valence-corrected chi connectivity index (χ2v) is 5.37. The van der Waals surface area contributed by atoms with Crippen molar-refractivity contribution in [3.8, 4) is 0 Å². The molecule has 0 aromatic heterocycles. The van der Waals surface area contributed by atoms with Crippen LogP contribution in [0.25, 0.3) is 0 Å². The molecule has 1 aromatic rings. The normalized spacial score (nSPS) is 12.0. The molecule has 2 amide bonds. The minimum Gasteiger partial charge on any atom is -0.481 e. The van der Waals surface area contributed by atoms with E-state index in [0.717, 1.165) is 5.56 Å². The van der Waals surface area contributed by atoms with Crippen LogP contribution in [0.15, 0.2) is 30.3 Å². The molecule has 0 saturated heterocycles. The summed E-state index contributed by atoms with van der Waals surface area (Å²) in [5.74, 6) is -0.836. The summed E-state index contributed by atoms with van der Waals surface area (Å²) >= 11 is 0. The summed E-state index contributed by atoms with van der Waals surface area (Å²) in [4.78, 5) is 24.5. The Labute approximate surface area is 126 Å². The SMILES string of the molecule is CC(NC(=O)N(CCCC(=O)O)C(C)C)c1ccccc1. The first-order valence-corrected chi connectivity index (χ1v) is 7.25. The highest BCUT2D eigenvalue weighted by molar-refractivity contribution is 5.75. The van der Waals surface area contributed by atoms with Gasteiger partial charge in [-0.25, -0.2) is 4.79 Å². The molecule has 0 bridgehead atoms. The van der Waals surface area contributed by atoms with Crippen LogP contribution in [0.1, 0.15) is 45.2 Å². The summed E-state index contributed by atoms with van der Waals surface area (Å²) < 4.78 is 0. The van der Waals surface area contributed by atoms with Crippen molar-refractivity contribution in [1.82, 2.24) is 10.2 Å². The fourth-order valence-electron chi connectivity index (χ4n) is 2.09. The number of benzene rings is 1. The number of aliphatic carboxylic acids is 1. The van der Waals surface area contributed by atoms with E-state index in [1.807, 2.05) is 51.1 Å². The van der Waals surface area contributed by atoms with Crippen molar-refractivity contribution >= 4 is 12.0 Å². The monoisotopic (exact) mass is 292 g/mol. The smallest absolute Gasteiger partial charge is 0.318 e. The Hall–Kier alpha value is -2.04. The van der Waals surface area contributed by atoms with E-state index in [9.17, 15) is 9.59 Å². The third-order valence-corrected chi connectivity index (χ3v) is 3.31. The molecule has 1 rings (SSSR count). The number of amides is 2. The van der Waals surface area contributed by atoms with E-state index in [0.29, 0.717) is 13.0 Å². The predicted octanol–water partition coefficient (Wildman–Crippen LogP) is 3.03. The van der Waals surface area contributed by atoms with Crippen LogP contribution >= 0.6 is 0 Å². The molecule has 0 spiro atoms. The van der Waals surface area contributed by atoms with Gasteiger partial charge in [-0.1, -0.05) is 30.3 Å². The molecule has 0 aliphatic heterocycles. The Kier molecular flexibility index (Phi) is 6.72. The number of rotatable bonds is 7. The molecule has 2 N–H and O–H groups in total. The van der Waals surface area contributed by atoms with E-state index in [4.69, 9.17) is 5.11 Å². The summed E-state index contributed by atoms with van der Waals surface area (Å²) in [6.07, 6.45) is 0.533. The van der Waals surface area contributed by atoms with Gasteiger partial charge in [-0.2, -0.15) is 0 Å². The maximum Gasteiger partial charge on any atom is 0.318 e. The van der Waals surface area contributed by atoms with Gasteiger partial charge in [-0.05, 0) is 32.8 Å². The lowest BCUT2D eigenvalue weighted by Gasteiger charge is -2.28. The van der Waals surface area contributed by atoms with E-state index >= 15 is 0 Å². The topological polar surface area (TPSA) is 69.6 Å². The minimum atomic E-state index is -0.836. The lowest BCUT2D eigenvalue weighted by molar-refractivity contribution is -0.137. The number of nitrogens with one attached hydrogen (secondary N) is 1. The van der Waals surface area contributed by atoms with Crippen molar-refractivity contribution in [1.29, 1.82) is 0 Å². The zero-order chi connectivity index (χ0) is 15.8. The molecule has 0 saturated carbocycles. The number of carboxylic acid groups (broad SMARTS) is 1. The summed E-state index contributed by atoms with van der Waals surface area (Å²) in [6.45, 7) is 6.22. The van der Waals surface area contributed by atoms with Gasteiger partial charge in [0.2, 0.25) is 0 Å². The van der Waals surface area contributed by atoms with Crippen LogP contribution in [0.3, 0.4) is 0 Å². The van der Waals surface area contributed by atoms with E-state index in [2.05, 4.69) is 5.32 Å². The van der Waals surface area contributed by atoms with Gasteiger partial charge in [-0.3, -0.25) is 4.79 Å². The number of carbonyl (C=O) groups excluding carboxylic acids is 1. The molecule has 5 nitrogen and oxygen atoms in total. The molecule has 1 atom stereocenters. The van der Waals surface area contributed by atoms with Crippen molar-refractivity contribution < 1.29 is 14.7 Å². The van der Waals surface area contributed by atoms with Crippen LogP contribution < -0.4 is 5.32 Å². The summed E-state index contributed by atoms with van der Waals surface area (Å²) in [5.41, 5.74) is 1.04. The standard InChI is InChI=1S/C16H24N2O3/c1-12(2)18(11-7-10-15(19)20)16(21)17-13(3)14-8-5-4-6-9-14/h4-6,8-9,12-13H,7,10-11H2,1-3H3,(H,17,21)(H,19,20).